The Hall–Kier alpha value is -2.40. The predicted octanol–water partition coefficient (Wildman–Crippen LogP) is 4.33. The minimum Gasteiger partial charge on any atom is -0.406 e. The number of carbonyl (C=O) groups is 2. The first kappa shape index (κ1) is 24.2. The first-order valence-corrected chi connectivity index (χ1v) is 11.2. The number of hydrogen-bond donors (Lipinski definition) is 3. The highest BCUT2D eigenvalue weighted by molar-refractivity contribution is 7.22. The number of anilines is 1. The van der Waals surface area contributed by atoms with E-state index in [0.29, 0.717) is 16.8 Å². The van der Waals surface area contributed by atoms with Crippen molar-refractivity contribution in [1.82, 2.24) is 10.3 Å². The van der Waals surface area contributed by atoms with Crippen molar-refractivity contribution < 1.29 is 27.5 Å². The summed E-state index contributed by atoms with van der Waals surface area (Å²) in [6.07, 6.45) is 0.498. The van der Waals surface area contributed by atoms with Gasteiger partial charge >= 0.3 is 6.36 Å². The quantitative estimate of drug-likeness (QED) is 0.556. The molecule has 0 saturated heterocycles. The third-order valence-electron chi connectivity index (χ3n) is 5.72. The molecule has 2 amide bonds. The van der Waals surface area contributed by atoms with Crippen molar-refractivity contribution in [3.63, 3.8) is 0 Å². The molecule has 1 heterocycles. The number of ether oxygens (including phenoxy) is 1. The first-order chi connectivity index (χ1) is 14.9. The number of amides is 2. The van der Waals surface area contributed by atoms with E-state index in [2.05, 4.69) is 20.4 Å². The summed E-state index contributed by atoms with van der Waals surface area (Å²) in [5.74, 6) is -1.09. The molecule has 4 N–H and O–H groups in total. The normalized spacial score (nSPS) is 16.6. The molecular formula is C21H27F3N4O3S. The molecule has 1 fully saturated rings. The van der Waals surface area contributed by atoms with Crippen molar-refractivity contribution in [3.8, 4) is 5.75 Å². The zero-order valence-corrected chi connectivity index (χ0v) is 18.8. The average Bonchev–Trinajstić information content (AvgIpc) is 3.08. The molecule has 32 heavy (non-hydrogen) atoms. The van der Waals surface area contributed by atoms with Gasteiger partial charge in [0, 0.05) is 12.5 Å². The van der Waals surface area contributed by atoms with Gasteiger partial charge in [0.15, 0.2) is 5.13 Å². The molecule has 1 aromatic carbocycles. The van der Waals surface area contributed by atoms with E-state index >= 15 is 0 Å². The third-order valence-corrected chi connectivity index (χ3v) is 6.65. The summed E-state index contributed by atoms with van der Waals surface area (Å²) in [4.78, 5) is 29.7. The van der Waals surface area contributed by atoms with Crippen LogP contribution in [0.5, 0.6) is 5.75 Å². The van der Waals surface area contributed by atoms with Crippen molar-refractivity contribution in [1.29, 1.82) is 0 Å². The first-order valence-electron chi connectivity index (χ1n) is 10.4. The van der Waals surface area contributed by atoms with Gasteiger partial charge in [-0.2, -0.15) is 0 Å². The number of rotatable bonds is 7. The monoisotopic (exact) mass is 472 g/mol. The number of thiazole rings is 1. The Bertz CT molecular complexity index is 984. The van der Waals surface area contributed by atoms with Crippen LogP contribution in [-0.4, -0.2) is 35.2 Å². The van der Waals surface area contributed by atoms with Gasteiger partial charge in [-0.05, 0) is 50.8 Å². The fourth-order valence-electron chi connectivity index (χ4n) is 3.95. The number of halogens is 3. The van der Waals surface area contributed by atoms with E-state index in [-0.39, 0.29) is 28.6 Å². The highest BCUT2D eigenvalue weighted by Gasteiger charge is 2.36. The van der Waals surface area contributed by atoms with E-state index in [4.69, 9.17) is 5.73 Å². The molecule has 0 unspecified atom stereocenters. The van der Waals surface area contributed by atoms with Crippen LogP contribution in [0.15, 0.2) is 18.2 Å². The maximum atomic E-state index is 12.8. The predicted molar refractivity (Wildman–Crippen MR) is 116 cm³/mol. The molecule has 1 aromatic heterocycles. The summed E-state index contributed by atoms with van der Waals surface area (Å²) in [7, 11) is 0. The second kappa shape index (κ2) is 9.22. The van der Waals surface area contributed by atoms with Gasteiger partial charge in [0.05, 0.1) is 10.2 Å². The van der Waals surface area contributed by atoms with Crippen LogP contribution in [0.4, 0.5) is 18.3 Å². The Balaban J connectivity index is 1.64. The Morgan fingerprint density at radius 2 is 1.91 bits per heavy atom. The van der Waals surface area contributed by atoms with Gasteiger partial charge in [-0.15, -0.1) is 13.2 Å². The van der Waals surface area contributed by atoms with Crippen LogP contribution < -0.4 is 21.1 Å². The highest BCUT2D eigenvalue weighted by atomic mass is 32.1. The molecule has 0 spiro atoms. The van der Waals surface area contributed by atoms with Crippen molar-refractivity contribution >= 4 is 38.5 Å². The van der Waals surface area contributed by atoms with E-state index in [0.717, 1.165) is 49.5 Å². The molecule has 0 aliphatic heterocycles. The van der Waals surface area contributed by atoms with Gasteiger partial charge < -0.3 is 15.8 Å². The van der Waals surface area contributed by atoms with E-state index < -0.39 is 17.8 Å². The number of carbonyl (C=O) groups excluding carboxylic acids is 2. The lowest BCUT2D eigenvalue weighted by Crippen LogP contribution is -2.53. The Morgan fingerprint density at radius 1 is 1.22 bits per heavy atom. The summed E-state index contributed by atoms with van der Waals surface area (Å²) >= 11 is 1.01. The van der Waals surface area contributed by atoms with Gasteiger partial charge in [-0.3, -0.25) is 14.9 Å². The van der Waals surface area contributed by atoms with Gasteiger partial charge in [-0.1, -0.05) is 30.6 Å². The number of nitrogens with one attached hydrogen (secondary N) is 2. The number of alkyl halides is 3. The summed E-state index contributed by atoms with van der Waals surface area (Å²) in [6, 6.07) is 3.75. The largest absolute Gasteiger partial charge is 0.573 e. The van der Waals surface area contributed by atoms with E-state index in [9.17, 15) is 22.8 Å². The molecule has 0 atom stereocenters. The summed E-state index contributed by atoms with van der Waals surface area (Å²) in [5, 5.41) is 5.62. The maximum Gasteiger partial charge on any atom is 0.573 e. The summed E-state index contributed by atoms with van der Waals surface area (Å²) < 4.78 is 41.6. The maximum absolute atomic E-state index is 12.8. The summed E-state index contributed by atoms with van der Waals surface area (Å²) in [6.45, 7) is 3.59. The van der Waals surface area contributed by atoms with E-state index in [1.165, 1.54) is 12.1 Å². The average molecular weight is 473 g/mol. The van der Waals surface area contributed by atoms with Crippen LogP contribution in [0.25, 0.3) is 10.2 Å². The Kier molecular flexibility index (Phi) is 6.99. The van der Waals surface area contributed by atoms with Crippen molar-refractivity contribution in [3.05, 3.63) is 18.2 Å². The highest BCUT2D eigenvalue weighted by Crippen LogP contribution is 2.38. The lowest BCUT2D eigenvalue weighted by molar-refractivity contribution is -0.274. The minimum atomic E-state index is -4.79. The number of hydrogen-bond acceptors (Lipinski definition) is 6. The molecule has 11 heteroatoms. The van der Waals surface area contributed by atoms with Gasteiger partial charge in [0.2, 0.25) is 5.91 Å². The zero-order chi connectivity index (χ0) is 23.6. The lowest BCUT2D eigenvalue weighted by Gasteiger charge is -2.36. The molecular weight excluding hydrogens is 445 g/mol. The zero-order valence-electron chi connectivity index (χ0n) is 18.0. The molecule has 2 aromatic rings. The fourth-order valence-corrected chi connectivity index (χ4v) is 4.84. The molecule has 0 radical (unpaired) electrons. The van der Waals surface area contributed by atoms with Crippen molar-refractivity contribution in [2.75, 3.05) is 11.9 Å². The standard InChI is InChI=1S/C21H27F3N4O3S/c1-19(2,28-16(29)11-20(12-25)8-4-3-5-9-20)17(30)27-18-26-14-7-6-13(10-15(14)32-18)31-21(22,23)24/h6-7,10H,3-5,8-9,11-12,25H2,1-2H3,(H,28,29)(H,26,27,30). The minimum absolute atomic E-state index is 0.210. The number of benzene rings is 1. The molecule has 0 bridgehead atoms. The van der Waals surface area contributed by atoms with Gasteiger partial charge in [0.25, 0.3) is 5.91 Å². The van der Waals surface area contributed by atoms with Gasteiger partial charge in [0.1, 0.15) is 11.3 Å². The summed E-state index contributed by atoms with van der Waals surface area (Å²) in [5.41, 5.74) is 4.93. The smallest absolute Gasteiger partial charge is 0.406 e. The second-order valence-corrected chi connectivity index (χ2v) is 9.80. The number of nitrogens with two attached hydrogens (primary N) is 1. The lowest BCUT2D eigenvalue weighted by atomic mass is 9.71. The molecule has 1 saturated carbocycles. The van der Waals surface area contributed by atoms with E-state index in [1.807, 2.05) is 0 Å². The van der Waals surface area contributed by atoms with Gasteiger partial charge in [-0.25, -0.2) is 4.98 Å². The second-order valence-electron chi connectivity index (χ2n) is 8.77. The Morgan fingerprint density at radius 3 is 2.53 bits per heavy atom. The van der Waals surface area contributed by atoms with Crippen LogP contribution in [0.1, 0.15) is 52.4 Å². The Labute approximate surface area is 187 Å². The van der Waals surface area contributed by atoms with E-state index in [1.54, 1.807) is 13.8 Å². The fraction of sp³-hybridized carbons (Fsp3) is 0.571. The number of aromatic nitrogens is 1. The third kappa shape index (κ3) is 6.10. The topological polar surface area (TPSA) is 106 Å². The molecule has 1 aliphatic rings. The van der Waals surface area contributed by atoms with Crippen molar-refractivity contribution in [2.24, 2.45) is 11.1 Å². The van der Waals surface area contributed by atoms with Crippen LogP contribution in [0.2, 0.25) is 0 Å². The molecule has 176 valence electrons. The van der Waals surface area contributed by atoms with Crippen LogP contribution in [0.3, 0.4) is 0 Å². The van der Waals surface area contributed by atoms with Crippen molar-refractivity contribution in [2.45, 2.75) is 64.3 Å². The van der Waals surface area contributed by atoms with Crippen LogP contribution in [-0.2, 0) is 9.59 Å². The van der Waals surface area contributed by atoms with Crippen LogP contribution >= 0.6 is 11.3 Å². The molecule has 3 rings (SSSR count). The SMILES string of the molecule is CC(C)(NC(=O)CC1(CN)CCCCC1)C(=O)Nc1nc2ccc(OC(F)(F)F)cc2s1. The number of nitrogens with zero attached hydrogens (tertiary/aromatic N) is 1. The van der Waals surface area contributed by atoms with Crippen LogP contribution in [0, 0.1) is 5.41 Å². The molecule has 1 aliphatic carbocycles. The number of fused-ring (bicyclic) bond motifs is 1. The molecule has 7 nitrogen and oxygen atoms in total.